The van der Waals surface area contributed by atoms with E-state index in [1.807, 2.05) is 0 Å². The van der Waals surface area contributed by atoms with Gasteiger partial charge in [0, 0.05) is 21.8 Å². The van der Waals surface area contributed by atoms with Crippen LogP contribution in [-0.2, 0) is 11.0 Å². The minimum atomic E-state index is -4.49. The molecule has 2 amide bonds. The van der Waals surface area contributed by atoms with Crippen molar-refractivity contribution in [2.24, 2.45) is 0 Å². The van der Waals surface area contributed by atoms with E-state index in [9.17, 15) is 27.2 Å². The fourth-order valence-electron chi connectivity index (χ4n) is 2.70. The lowest BCUT2D eigenvalue weighted by atomic mass is 10.2. The molecule has 166 valence electrons. The average Bonchev–Trinajstić information content (AvgIpc) is 2.75. The molecule has 3 aromatic carbocycles. The van der Waals surface area contributed by atoms with Gasteiger partial charge in [0.1, 0.15) is 5.82 Å². The molecule has 2 N–H and O–H groups in total. The lowest BCUT2D eigenvalue weighted by Crippen LogP contribution is -2.22. The summed E-state index contributed by atoms with van der Waals surface area (Å²) >= 11 is 1.22. The summed E-state index contributed by atoms with van der Waals surface area (Å²) in [5.41, 5.74) is 0.0551. The molecule has 0 aliphatic carbocycles. The van der Waals surface area contributed by atoms with E-state index in [1.54, 1.807) is 31.2 Å². The number of alkyl halides is 3. The summed E-state index contributed by atoms with van der Waals surface area (Å²) in [6, 6.07) is 16.3. The highest BCUT2D eigenvalue weighted by molar-refractivity contribution is 8.00. The number of hydrogen-bond acceptors (Lipinski definition) is 3. The Labute approximate surface area is 186 Å². The van der Waals surface area contributed by atoms with E-state index in [4.69, 9.17) is 0 Å². The van der Waals surface area contributed by atoms with E-state index >= 15 is 0 Å². The summed E-state index contributed by atoms with van der Waals surface area (Å²) in [5.74, 6) is -1.27. The molecule has 9 heteroatoms. The minimum absolute atomic E-state index is 0.0659. The van der Waals surface area contributed by atoms with Crippen molar-refractivity contribution in [1.82, 2.24) is 0 Å². The molecule has 1 unspecified atom stereocenters. The molecule has 0 heterocycles. The van der Waals surface area contributed by atoms with Gasteiger partial charge in [-0.25, -0.2) is 4.39 Å². The maximum atomic E-state index is 13.0. The highest BCUT2D eigenvalue weighted by atomic mass is 32.2. The van der Waals surface area contributed by atoms with Crippen LogP contribution in [0.5, 0.6) is 0 Å². The van der Waals surface area contributed by atoms with Gasteiger partial charge < -0.3 is 10.6 Å². The molecule has 3 rings (SSSR count). The van der Waals surface area contributed by atoms with Gasteiger partial charge in [-0.15, -0.1) is 11.8 Å². The van der Waals surface area contributed by atoms with Crippen molar-refractivity contribution >= 4 is 35.0 Å². The molecule has 0 aromatic heterocycles. The van der Waals surface area contributed by atoms with Crippen LogP contribution in [0.4, 0.5) is 28.9 Å². The van der Waals surface area contributed by atoms with Crippen LogP contribution >= 0.6 is 11.8 Å². The van der Waals surface area contributed by atoms with Gasteiger partial charge in [-0.3, -0.25) is 9.59 Å². The van der Waals surface area contributed by atoms with Crippen LogP contribution < -0.4 is 10.6 Å². The van der Waals surface area contributed by atoms with Crippen LogP contribution in [0.3, 0.4) is 0 Å². The SMILES string of the molecule is CC(Sc1ccc(NC(=O)c2ccc(F)cc2)cc1)C(=O)Nc1cccc(C(F)(F)F)c1. The average molecular weight is 462 g/mol. The predicted octanol–water partition coefficient (Wildman–Crippen LogP) is 6.22. The van der Waals surface area contributed by atoms with Crippen LogP contribution in [-0.4, -0.2) is 17.1 Å². The van der Waals surface area contributed by atoms with E-state index in [0.29, 0.717) is 11.3 Å². The first-order valence-electron chi connectivity index (χ1n) is 9.43. The first-order chi connectivity index (χ1) is 15.1. The van der Waals surface area contributed by atoms with Gasteiger partial charge >= 0.3 is 6.18 Å². The lowest BCUT2D eigenvalue weighted by Gasteiger charge is -2.14. The summed E-state index contributed by atoms with van der Waals surface area (Å²) in [7, 11) is 0. The van der Waals surface area contributed by atoms with Crippen molar-refractivity contribution in [3.8, 4) is 0 Å². The van der Waals surface area contributed by atoms with Gasteiger partial charge in [-0.1, -0.05) is 6.07 Å². The van der Waals surface area contributed by atoms with Crippen molar-refractivity contribution in [3.63, 3.8) is 0 Å². The molecule has 0 fully saturated rings. The van der Waals surface area contributed by atoms with Crippen LogP contribution in [0.2, 0.25) is 0 Å². The molecule has 1 atom stereocenters. The fraction of sp³-hybridized carbons (Fsp3) is 0.130. The third-order valence-electron chi connectivity index (χ3n) is 4.36. The lowest BCUT2D eigenvalue weighted by molar-refractivity contribution is -0.137. The van der Waals surface area contributed by atoms with Gasteiger partial charge in [0.2, 0.25) is 5.91 Å². The van der Waals surface area contributed by atoms with Gasteiger partial charge in [0.05, 0.1) is 10.8 Å². The standard InChI is InChI=1S/C23H18F4N2O2S/c1-14(21(30)29-19-4-2-3-16(13-19)23(25,26)27)32-20-11-9-18(10-12-20)28-22(31)15-5-7-17(24)8-6-15/h2-14H,1H3,(H,28,31)(H,29,30). The molecule has 32 heavy (non-hydrogen) atoms. The number of hydrogen-bond donors (Lipinski definition) is 2. The summed E-state index contributed by atoms with van der Waals surface area (Å²) in [6.07, 6.45) is -4.49. The van der Waals surface area contributed by atoms with E-state index in [2.05, 4.69) is 10.6 Å². The zero-order valence-electron chi connectivity index (χ0n) is 16.7. The summed E-state index contributed by atoms with van der Waals surface area (Å²) in [6.45, 7) is 1.64. The summed E-state index contributed by atoms with van der Waals surface area (Å²) in [4.78, 5) is 25.3. The monoisotopic (exact) mass is 462 g/mol. The van der Waals surface area contributed by atoms with Crippen LogP contribution in [0.15, 0.2) is 77.7 Å². The van der Waals surface area contributed by atoms with Crippen molar-refractivity contribution in [3.05, 3.63) is 89.7 Å². The van der Waals surface area contributed by atoms with E-state index in [1.165, 1.54) is 48.2 Å². The molecule has 0 radical (unpaired) electrons. The summed E-state index contributed by atoms with van der Waals surface area (Å²) in [5, 5.41) is 4.60. The number of amides is 2. The van der Waals surface area contributed by atoms with Gasteiger partial charge in [-0.05, 0) is 73.7 Å². The topological polar surface area (TPSA) is 58.2 Å². The molecule has 0 spiro atoms. The number of halogens is 4. The van der Waals surface area contributed by atoms with Crippen molar-refractivity contribution in [1.29, 1.82) is 0 Å². The molecule has 0 saturated heterocycles. The fourth-order valence-corrected chi connectivity index (χ4v) is 3.56. The molecular weight excluding hydrogens is 444 g/mol. The number of anilines is 2. The Balaban J connectivity index is 1.57. The summed E-state index contributed by atoms with van der Waals surface area (Å²) < 4.78 is 51.4. The quantitative estimate of drug-likeness (QED) is 0.338. The molecule has 0 saturated carbocycles. The first kappa shape index (κ1) is 23.3. The second-order valence-corrected chi connectivity index (χ2v) is 8.23. The molecular formula is C23H18F4N2O2S. The Morgan fingerprint density at radius 3 is 2.16 bits per heavy atom. The van der Waals surface area contributed by atoms with Crippen LogP contribution in [0.25, 0.3) is 0 Å². The second-order valence-electron chi connectivity index (χ2n) is 6.81. The maximum absolute atomic E-state index is 13.0. The van der Waals surface area contributed by atoms with Crippen molar-refractivity contribution < 1.29 is 27.2 Å². The van der Waals surface area contributed by atoms with Crippen molar-refractivity contribution in [2.45, 2.75) is 23.2 Å². The smallest absolute Gasteiger partial charge is 0.325 e. The second kappa shape index (κ2) is 9.86. The Morgan fingerprint density at radius 1 is 0.875 bits per heavy atom. The van der Waals surface area contributed by atoms with Gasteiger partial charge in [-0.2, -0.15) is 13.2 Å². The third-order valence-corrected chi connectivity index (χ3v) is 5.47. The van der Waals surface area contributed by atoms with E-state index in [-0.39, 0.29) is 11.6 Å². The van der Waals surface area contributed by atoms with Crippen molar-refractivity contribution in [2.75, 3.05) is 10.6 Å². The number of carbonyl (C=O) groups is 2. The van der Waals surface area contributed by atoms with E-state index < -0.39 is 28.7 Å². The number of rotatable bonds is 6. The Bertz CT molecular complexity index is 1100. The maximum Gasteiger partial charge on any atom is 0.416 e. The number of thioether (sulfide) groups is 1. The number of benzene rings is 3. The van der Waals surface area contributed by atoms with E-state index in [0.717, 1.165) is 17.0 Å². The zero-order valence-corrected chi connectivity index (χ0v) is 17.6. The molecule has 0 aliphatic heterocycles. The highest BCUT2D eigenvalue weighted by Crippen LogP contribution is 2.31. The molecule has 4 nitrogen and oxygen atoms in total. The molecule has 0 bridgehead atoms. The molecule has 0 aliphatic rings. The Morgan fingerprint density at radius 2 is 1.53 bits per heavy atom. The predicted molar refractivity (Wildman–Crippen MR) is 116 cm³/mol. The first-order valence-corrected chi connectivity index (χ1v) is 10.3. The Kier molecular flexibility index (Phi) is 7.19. The number of carbonyl (C=O) groups excluding carboxylic acids is 2. The minimum Gasteiger partial charge on any atom is -0.325 e. The van der Waals surface area contributed by atoms with Gasteiger partial charge in [0.15, 0.2) is 0 Å². The number of nitrogens with one attached hydrogen (secondary N) is 2. The molecule has 3 aromatic rings. The Hall–Kier alpha value is -3.33. The normalized spacial score (nSPS) is 12.2. The zero-order chi connectivity index (χ0) is 23.3. The third kappa shape index (κ3) is 6.34. The van der Waals surface area contributed by atoms with Crippen LogP contribution in [0.1, 0.15) is 22.8 Å². The van der Waals surface area contributed by atoms with Crippen LogP contribution in [0, 0.1) is 5.82 Å². The highest BCUT2D eigenvalue weighted by Gasteiger charge is 2.30. The largest absolute Gasteiger partial charge is 0.416 e. The van der Waals surface area contributed by atoms with Gasteiger partial charge in [0.25, 0.3) is 5.91 Å².